The zero-order valence-corrected chi connectivity index (χ0v) is 16.6. The lowest BCUT2D eigenvalue weighted by molar-refractivity contribution is -0.115. The normalized spacial score (nSPS) is 16.9. The molecule has 10 heteroatoms. The van der Waals surface area contributed by atoms with Gasteiger partial charge >= 0.3 is 5.63 Å². The second-order valence-corrected chi connectivity index (χ2v) is 8.51. The lowest BCUT2D eigenvalue weighted by Crippen LogP contribution is -2.28. The van der Waals surface area contributed by atoms with Gasteiger partial charge in [-0.05, 0) is 25.1 Å². The van der Waals surface area contributed by atoms with E-state index in [0.717, 1.165) is 0 Å². The van der Waals surface area contributed by atoms with Crippen LogP contribution in [-0.2, 0) is 4.79 Å². The number of phenols is 1. The first kappa shape index (κ1) is 18.0. The van der Waals surface area contributed by atoms with Crippen LogP contribution in [0, 0.1) is 6.92 Å². The Balaban J connectivity index is 1.75. The Morgan fingerprint density at radius 1 is 1.28 bits per heavy atom. The summed E-state index contributed by atoms with van der Waals surface area (Å²) in [6.45, 7) is 1.69. The number of nitrogens with zero attached hydrogens (tertiary/aromatic N) is 2. The van der Waals surface area contributed by atoms with Crippen molar-refractivity contribution < 1.29 is 14.3 Å². The molecular formula is C19H13N3O5S2. The van der Waals surface area contributed by atoms with Gasteiger partial charge in [0.05, 0.1) is 11.3 Å². The van der Waals surface area contributed by atoms with Gasteiger partial charge in [-0.15, -0.1) is 23.1 Å². The zero-order chi connectivity index (χ0) is 20.3. The van der Waals surface area contributed by atoms with Gasteiger partial charge in [-0.3, -0.25) is 14.5 Å². The first-order valence-corrected chi connectivity index (χ1v) is 10.5. The summed E-state index contributed by atoms with van der Waals surface area (Å²) in [6, 6.07) is 5.77. The predicted octanol–water partition coefficient (Wildman–Crippen LogP) is 2.88. The number of anilines is 1. The molecule has 2 N–H and O–H groups in total. The molecule has 5 rings (SSSR count). The molecule has 0 radical (unpaired) electrons. The fourth-order valence-corrected chi connectivity index (χ4v) is 5.78. The molecule has 8 nitrogen and oxygen atoms in total. The highest BCUT2D eigenvalue weighted by Gasteiger charge is 2.37. The van der Waals surface area contributed by atoms with Crippen LogP contribution in [0.15, 0.2) is 43.7 Å². The maximum absolute atomic E-state index is 12.8. The molecule has 3 aromatic heterocycles. The van der Waals surface area contributed by atoms with E-state index in [1.54, 1.807) is 12.3 Å². The van der Waals surface area contributed by atoms with Crippen LogP contribution >= 0.6 is 23.1 Å². The summed E-state index contributed by atoms with van der Waals surface area (Å²) in [4.78, 5) is 46.0. The number of nitrogens with one attached hydrogen (secondary N) is 1. The minimum Gasteiger partial charge on any atom is -0.508 e. The molecule has 4 heterocycles. The van der Waals surface area contributed by atoms with E-state index in [4.69, 9.17) is 4.42 Å². The number of H-pyrrole nitrogens is 1. The topological polar surface area (TPSA) is 116 Å². The summed E-state index contributed by atoms with van der Waals surface area (Å²) < 4.78 is 5.23. The Morgan fingerprint density at radius 2 is 2.10 bits per heavy atom. The number of carbonyl (C=O) groups is 1. The largest absolute Gasteiger partial charge is 0.508 e. The maximum atomic E-state index is 12.8. The van der Waals surface area contributed by atoms with Crippen molar-refractivity contribution in [3.63, 3.8) is 0 Å². The lowest BCUT2D eigenvalue weighted by atomic mass is 10.1. The van der Waals surface area contributed by atoms with Gasteiger partial charge in [-0.1, -0.05) is 0 Å². The molecule has 4 aromatic rings. The van der Waals surface area contributed by atoms with Gasteiger partial charge in [0.1, 0.15) is 32.9 Å². The van der Waals surface area contributed by atoms with Crippen LogP contribution in [0.3, 0.4) is 0 Å². The molecule has 29 heavy (non-hydrogen) atoms. The van der Waals surface area contributed by atoms with Crippen molar-refractivity contribution in [2.45, 2.75) is 12.3 Å². The molecule has 146 valence electrons. The van der Waals surface area contributed by atoms with Crippen LogP contribution in [0.4, 0.5) is 5.00 Å². The summed E-state index contributed by atoms with van der Waals surface area (Å²) in [5, 5.41) is 12.5. The fourth-order valence-electron chi connectivity index (χ4n) is 3.50. The highest BCUT2D eigenvalue weighted by Crippen LogP contribution is 2.47. The molecule has 1 unspecified atom stereocenters. The number of thioether (sulfide) groups is 1. The van der Waals surface area contributed by atoms with E-state index in [1.165, 1.54) is 52.3 Å². The number of rotatable bonds is 2. The van der Waals surface area contributed by atoms with Gasteiger partial charge < -0.3 is 14.5 Å². The van der Waals surface area contributed by atoms with Crippen molar-refractivity contribution in [2.75, 3.05) is 10.7 Å². The molecule has 0 aliphatic carbocycles. The number of aromatic nitrogens is 2. The number of benzene rings is 1. The van der Waals surface area contributed by atoms with E-state index < -0.39 is 11.0 Å². The van der Waals surface area contributed by atoms with Gasteiger partial charge in [0, 0.05) is 22.4 Å². The first-order valence-electron chi connectivity index (χ1n) is 8.61. The molecule has 1 aliphatic heterocycles. The molecule has 1 aromatic carbocycles. The van der Waals surface area contributed by atoms with Gasteiger partial charge in [0.15, 0.2) is 0 Å². The zero-order valence-electron chi connectivity index (χ0n) is 15.0. The number of amides is 1. The molecule has 0 bridgehead atoms. The monoisotopic (exact) mass is 427 g/mol. The van der Waals surface area contributed by atoms with Gasteiger partial charge in [0.2, 0.25) is 5.91 Å². The molecule has 1 atom stereocenters. The van der Waals surface area contributed by atoms with Crippen LogP contribution in [0.5, 0.6) is 5.75 Å². The number of thiophene rings is 1. The standard InChI is InChI=1S/C19H13N3O5S2/c1-8-20-12-6-28-19(16(12)17(26)21-8)22-14(24)7-29-18(22)11-5-15(25)27-13-3-2-9(23)4-10(11)13/h2-6,18,23H,7H2,1H3,(H,20,21,26). The lowest BCUT2D eigenvalue weighted by Gasteiger charge is -2.23. The van der Waals surface area contributed by atoms with Crippen LogP contribution in [0.2, 0.25) is 0 Å². The number of aromatic hydroxyl groups is 1. The number of aryl methyl sites for hydroxylation is 1. The van der Waals surface area contributed by atoms with E-state index >= 15 is 0 Å². The maximum Gasteiger partial charge on any atom is 0.336 e. The van der Waals surface area contributed by atoms with Crippen molar-refractivity contribution in [1.82, 2.24) is 9.97 Å². The Labute approximate surface area is 170 Å². The van der Waals surface area contributed by atoms with Crippen molar-refractivity contribution in [3.8, 4) is 5.75 Å². The number of hydrogen-bond acceptors (Lipinski definition) is 8. The highest BCUT2D eigenvalue weighted by molar-refractivity contribution is 8.00. The van der Waals surface area contributed by atoms with Crippen molar-refractivity contribution in [1.29, 1.82) is 0 Å². The van der Waals surface area contributed by atoms with E-state index in [2.05, 4.69) is 9.97 Å². The Hall–Kier alpha value is -3.11. The molecule has 1 saturated heterocycles. The second-order valence-electron chi connectivity index (χ2n) is 6.58. The fraction of sp³-hybridized carbons (Fsp3) is 0.158. The average Bonchev–Trinajstić information content (AvgIpc) is 3.24. The molecule has 0 spiro atoms. The Kier molecular flexibility index (Phi) is 4.00. The third-order valence-corrected chi connectivity index (χ3v) is 6.83. The van der Waals surface area contributed by atoms with E-state index in [1.807, 2.05) is 0 Å². The molecule has 1 aliphatic rings. The number of carbonyl (C=O) groups excluding carboxylic acids is 1. The number of aromatic amines is 1. The van der Waals surface area contributed by atoms with Gasteiger partial charge in [-0.25, -0.2) is 9.78 Å². The predicted molar refractivity (Wildman–Crippen MR) is 112 cm³/mol. The van der Waals surface area contributed by atoms with Gasteiger partial charge in [0.25, 0.3) is 5.56 Å². The first-order chi connectivity index (χ1) is 13.9. The van der Waals surface area contributed by atoms with Gasteiger partial charge in [-0.2, -0.15) is 0 Å². The van der Waals surface area contributed by atoms with Crippen LogP contribution in [0.25, 0.3) is 21.9 Å². The summed E-state index contributed by atoms with van der Waals surface area (Å²) >= 11 is 2.60. The van der Waals surface area contributed by atoms with Crippen molar-refractivity contribution >= 4 is 55.9 Å². The summed E-state index contributed by atoms with van der Waals surface area (Å²) in [7, 11) is 0. The summed E-state index contributed by atoms with van der Waals surface area (Å²) in [5.41, 5.74) is 0.508. The molecule has 1 amide bonds. The van der Waals surface area contributed by atoms with E-state index in [-0.39, 0.29) is 23.0 Å². The smallest absolute Gasteiger partial charge is 0.336 e. The third kappa shape index (κ3) is 2.83. The van der Waals surface area contributed by atoms with E-state index in [0.29, 0.717) is 38.3 Å². The highest BCUT2D eigenvalue weighted by atomic mass is 32.2. The number of fused-ring (bicyclic) bond motifs is 2. The number of phenolic OH excluding ortho intramolecular Hbond substituents is 1. The van der Waals surface area contributed by atoms with Crippen LogP contribution in [-0.4, -0.2) is 26.7 Å². The van der Waals surface area contributed by atoms with Crippen LogP contribution < -0.4 is 16.1 Å². The minimum atomic E-state index is -0.552. The van der Waals surface area contributed by atoms with Crippen molar-refractivity contribution in [3.05, 3.63) is 61.8 Å². The van der Waals surface area contributed by atoms with Crippen LogP contribution in [0.1, 0.15) is 16.8 Å². The van der Waals surface area contributed by atoms with E-state index in [9.17, 15) is 19.5 Å². The SMILES string of the molecule is Cc1nc2csc(N3C(=O)CSC3c3cc(=O)oc4ccc(O)cc34)c2c(=O)[nH]1. The minimum absolute atomic E-state index is 0.0196. The second kappa shape index (κ2) is 6.46. The summed E-state index contributed by atoms with van der Waals surface area (Å²) in [6.07, 6.45) is 0. The Bertz CT molecular complexity index is 1420. The third-order valence-electron chi connectivity index (χ3n) is 4.67. The average molecular weight is 427 g/mol. The molecular weight excluding hydrogens is 414 g/mol. The Morgan fingerprint density at radius 3 is 2.93 bits per heavy atom. The molecule has 1 fully saturated rings. The molecule has 0 saturated carbocycles. The summed E-state index contributed by atoms with van der Waals surface area (Å²) in [5.74, 6) is 0.533. The quantitative estimate of drug-likeness (QED) is 0.473. The van der Waals surface area contributed by atoms with Crippen molar-refractivity contribution in [2.24, 2.45) is 0 Å². The number of hydrogen-bond donors (Lipinski definition) is 2.